The molecule has 1 saturated heterocycles. The Hall–Kier alpha value is -1.89. The molecule has 1 aliphatic heterocycles. The van der Waals surface area contributed by atoms with E-state index in [0.717, 1.165) is 49.1 Å². The molecule has 0 saturated carbocycles. The highest BCUT2D eigenvalue weighted by molar-refractivity contribution is 7.15. The van der Waals surface area contributed by atoms with Gasteiger partial charge in [-0.1, -0.05) is 12.1 Å². The van der Waals surface area contributed by atoms with Gasteiger partial charge in [-0.05, 0) is 37.5 Å². The summed E-state index contributed by atoms with van der Waals surface area (Å²) in [5, 5.41) is 2.10. The zero-order chi connectivity index (χ0) is 17.9. The number of imidazole rings is 1. The molecule has 3 heterocycles. The van der Waals surface area contributed by atoms with E-state index in [1.54, 1.807) is 18.4 Å². The number of nitrogens with zero attached hydrogens (tertiary/aromatic N) is 3. The molecule has 138 valence electrons. The van der Waals surface area contributed by atoms with Gasteiger partial charge >= 0.3 is 0 Å². The van der Waals surface area contributed by atoms with Crippen LogP contribution in [0.4, 0.5) is 0 Å². The molecule has 0 bridgehead atoms. The molecule has 1 unspecified atom stereocenters. The summed E-state index contributed by atoms with van der Waals surface area (Å²) in [7, 11) is 1.70. The van der Waals surface area contributed by atoms with Crippen molar-refractivity contribution in [1.29, 1.82) is 0 Å². The summed E-state index contributed by atoms with van der Waals surface area (Å²) >= 11 is 1.69. The average Bonchev–Trinajstić information content (AvgIpc) is 3.36. The topological polar surface area (TPSA) is 39.0 Å². The van der Waals surface area contributed by atoms with Gasteiger partial charge in [-0.25, -0.2) is 4.98 Å². The molecule has 2 aromatic heterocycles. The molecule has 0 N–H and O–H groups in total. The predicted molar refractivity (Wildman–Crippen MR) is 104 cm³/mol. The van der Waals surface area contributed by atoms with Crippen molar-refractivity contribution in [1.82, 2.24) is 14.3 Å². The number of fused-ring (bicyclic) bond motifs is 1. The fourth-order valence-electron chi connectivity index (χ4n) is 3.59. The second-order valence-corrected chi connectivity index (χ2v) is 7.73. The van der Waals surface area contributed by atoms with E-state index in [9.17, 15) is 0 Å². The highest BCUT2D eigenvalue weighted by Crippen LogP contribution is 2.22. The summed E-state index contributed by atoms with van der Waals surface area (Å²) in [5.41, 5.74) is 3.67. The lowest BCUT2D eigenvalue weighted by atomic mass is 10.1. The standard InChI is InChI=1S/C20H25N3O2S/c1-15-19(23-9-11-26-20(23)21-15)14-22(13-18-4-3-10-25-18)12-16-5-7-17(24-2)8-6-16/h5-9,11,18H,3-4,10,12-14H2,1-2H3. The molecule has 6 heteroatoms. The number of hydrogen-bond donors (Lipinski definition) is 0. The van der Waals surface area contributed by atoms with E-state index < -0.39 is 0 Å². The second kappa shape index (κ2) is 7.78. The van der Waals surface area contributed by atoms with E-state index in [-0.39, 0.29) is 0 Å². The largest absolute Gasteiger partial charge is 0.497 e. The smallest absolute Gasteiger partial charge is 0.194 e. The highest BCUT2D eigenvalue weighted by atomic mass is 32.1. The Morgan fingerprint density at radius 3 is 2.88 bits per heavy atom. The molecule has 3 aromatic rings. The van der Waals surface area contributed by atoms with Crippen molar-refractivity contribution in [2.75, 3.05) is 20.3 Å². The van der Waals surface area contributed by atoms with Crippen molar-refractivity contribution in [3.63, 3.8) is 0 Å². The van der Waals surface area contributed by atoms with Crippen LogP contribution in [-0.4, -0.2) is 40.6 Å². The lowest BCUT2D eigenvalue weighted by Crippen LogP contribution is -2.32. The van der Waals surface area contributed by atoms with Crippen LogP contribution < -0.4 is 4.74 Å². The van der Waals surface area contributed by atoms with Crippen LogP contribution in [-0.2, 0) is 17.8 Å². The molecule has 1 aliphatic rings. The zero-order valence-corrected chi connectivity index (χ0v) is 16.2. The van der Waals surface area contributed by atoms with Gasteiger partial charge in [0.15, 0.2) is 4.96 Å². The summed E-state index contributed by atoms with van der Waals surface area (Å²) in [4.78, 5) is 8.24. The molecule has 0 amide bonds. The van der Waals surface area contributed by atoms with Gasteiger partial charge in [-0.2, -0.15) is 0 Å². The van der Waals surface area contributed by atoms with Crippen molar-refractivity contribution in [3.8, 4) is 5.75 Å². The zero-order valence-electron chi connectivity index (χ0n) is 15.4. The van der Waals surface area contributed by atoms with Crippen molar-refractivity contribution in [2.45, 2.75) is 39.0 Å². The van der Waals surface area contributed by atoms with Gasteiger partial charge in [0.1, 0.15) is 5.75 Å². The molecule has 1 atom stereocenters. The van der Waals surface area contributed by atoms with E-state index in [1.165, 1.54) is 17.7 Å². The minimum absolute atomic E-state index is 0.333. The van der Waals surface area contributed by atoms with Crippen molar-refractivity contribution in [2.24, 2.45) is 0 Å². The fraction of sp³-hybridized carbons (Fsp3) is 0.450. The Balaban J connectivity index is 1.55. The first-order valence-electron chi connectivity index (χ1n) is 9.11. The maximum atomic E-state index is 5.90. The van der Waals surface area contributed by atoms with Crippen LogP contribution in [0.2, 0.25) is 0 Å². The lowest BCUT2D eigenvalue weighted by molar-refractivity contribution is 0.0673. The molecule has 1 aromatic carbocycles. The van der Waals surface area contributed by atoms with Gasteiger partial charge in [0, 0.05) is 37.8 Å². The first kappa shape index (κ1) is 17.5. The molecule has 4 rings (SSSR count). The van der Waals surface area contributed by atoms with Crippen molar-refractivity contribution < 1.29 is 9.47 Å². The number of rotatable bonds is 7. The third kappa shape index (κ3) is 3.77. The number of ether oxygens (including phenoxy) is 2. The average molecular weight is 372 g/mol. The van der Waals surface area contributed by atoms with E-state index in [0.29, 0.717) is 6.10 Å². The minimum atomic E-state index is 0.333. The Kier molecular flexibility index (Phi) is 5.24. The third-order valence-electron chi connectivity index (χ3n) is 4.99. The lowest BCUT2D eigenvalue weighted by Gasteiger charge is -2.25. The summed E-state index contributed by atoms with van der Waals surface area (Å²) in [6.07, 6.45) is 4.77. The first-order chi connectivity index (χ1) is 12.7. The number of hydrogen-bond acceptors (Lipinski definition) is 5. The van der Waals surface area contributed by atoms with E-state index >= 15 is 0 Å². The van der Waals surface area contributed by atoms with Crippen LogP contribution in [0.25, 0.3) is 4.96 Å². The van der Waals surface area contributed by atoms with E-state index in [4.69, 9.17) is 14.5 Å². The summed E-state index contributed by atoms with van der Waals surface area (Å²) in [6, 6.07) is 8.34. The maximum absolute atomic E-state index is 5.90. The number of methoxy groups -OCH3 is 1. The predicted octanol–water partition coefficient (Wildman–Crippen LogP) is 3.89. The van der Waals surface area contributed by atoms with Gasteiger partial charge in [0.25, 0.3) is 0 Å². The van der Waals surface area contributed by atoms with Crippen molar-refractivity contribution >= 4 is 16.3 Å². The molecule has 0 spiro atoms. The number of benzene rings is 1. The van der Waals surface area contributed by atoms with Gasteiger partial charge < -0.3 is 9.47 Å². The van der Waals surface area contributed by atoms with Crippen LogP contribution in [0.3, 0.4) is 0 Å². The second-order valence-electron chi connectivity index (χ2n) is 6.85. The van der Waals surface area contributed by atoms with Crippen LogP contribution in [0, 0.1) is 6.92 Å². The summed E-state index contributed by atoms with van der Waals surface area (Å²) in [6.45, 7) is 5.70. The molecule has 0 aliphatic carbocycles. The van der Waals surface area contributed by atoms with Crippen LogP contribution >= 0.6 is 11.3 Å². The summed E-state index contributed by atoms with van der Waals surface area (Å²) in [5.74, 6) is 0.894. The van der Waals surface area contributed by atoms with E-state index in [1.807, 2.05) is 12.1 Å². The molecule has 26 heavy (non-hydrogen) atoms. The van der Waals surface area contributed by atoms with Gasteiger partial charge in [0.2, 0.25) is 0 Å². The summed E-state index contributed by atoms with van der Waals surface area (Å²) < 4.78 is 13.4. The Labute approximate surface area is 158 Å². The first-order valence-corrected chi connectivity index (χ1v) is 9.99. The van der Waals surface area contributed by atoms with Gasteiger partial charge in [-0.3, -0.25) is 9.30 Å². The monoisotopic (exact) mass is 371 g/mol. The number of aryl methyl sites for hydroxylation is 1. The molecule has 0 radical (unpaired) electrons. The van der Waals surface area contributed by atoms with Crippen molar-refractivity contribution in [3.05, 3.63) is 52.8 Å². The molecular formula is C20H25N3O2S. The van der Waals surface area contributed by atoms with Crippen LogP contribution in [0.1, 0.15) is 29.8 Å². The Morgan fingerprint density at radius 2 is 2.15 bits per heavy atom. The Morgan fingerprint density at radius 1 is 1.31 bits per heavy atom. The number of aromatic nitrogens is 2. The normalized spacial score (nSPS) is 17.4. The minimum Gasteiger partial charge on any atom is -0.497 e. The van der Waals surface area contributed by atoms with Gasteiger partial charge in [0.05, 0.1) is 24.6 Å². The number of thiazole rings is 1. The van der Waals surface area contributed by atoms with Crippen LogP contribution in [0.5, 0.6) is 5.75 Å². The fourth-order valence-corrected chi connectivity index (χ4v) is 4.37. The quantitative estimate of drug-likeness (QED) is 0.632. The van der Waals surface area contributed by atoms with Crippen LogP contribution in [0.15, 0.2) is 35.8 Å². The van der Waals surface area contributed by atoms with E-state index in [2.05, 4.69) is 39.9 Å². The molecule has 1 fully saturated rings. The molecule has 5 nitrogen and oxygen atoms in total. The molecular weight excluding hydrogens is 346 g/mol. The highest BCUT2D eigenvalue weighted by Gasteiger charge is 2.21. The Bertz CT molecular complexity index is 850. The third-order valence-corrected chi connectivity index (χ3v) is 5.74. The SMILES string of the molecule is COc1ccc(CN(Cc2c(C)nc3sccn23)CC2CCCO2)cc1. The maximum Gasteiger partial charge on any atom is 0.194 e. The van der Waals surface area contributed by atoms with Gasteiger partial charge in [-0.15, -0.1) is 11.3 Å².